The van der Waals surface area contributed by atoms with E-state index in [-0.39, 0.29) is 17.6 Å². The Bertz CT molecular complexity index is 1050. The number of rotatable bonds is 5. The van der Waals surface area contributed by atoms with Gasteiger partial charge >= 0.3 is 0 Å². The van der Waals surface area contributed by atoms with Crippen LogP contribution in [0.5, 0.6) is 5.88 Å². The molecule has 30 heavy (non-hydrogen) atoms. The quantitative estimate of drug-likeness (QED) is 0.655. The Morgan fingerprint density at radius 2 is 1.93 bits per heavy atom. The summed E-state index contributed by atoms with van der Waals surface area (Å²) in [6.07, 6.45) is 4.46. The van der Waals surface area contributed by atoms with Crippen molar-refractivity contribution in [3.8, 4) is 11.6 Å². The summed E-state index contributed by atoms with van der Waals surface area (Å²) < 4.78 is 6.59. The zero-order chi connectivity index (χ0) is 21.1. The molecular formula is C22H23N5O3. The van der Waals surface area contributed by atoms with Gasteiger partial charge in [0.15, 0.2) is 5.78 Å². The van der Waals surface area contributed by atoms with E-state index in [1.807, 2.05) is 30.3 Å². The van der Waals surface area contributed by atoms with Crippen molar-refractivity contribution in [2.24, 2.45) is 5.92 Å². The van der Waals surface area contributed by atoms with Crippen LogP contribution in [0.1, 0.15) is 33.6 Å². The number of methoxy groups -OCH3 is 1. The molecule has 2 aromatic heterocycles. The minimum atomic E-state index is -0.315. The fourth-order valence-electron chi connectivity index (χ4n) is 3.73. The summed E-state index contributed by atoms with van der Waals surface area (Å²) >= 11 is 0. The van der Waals surface area contributed by atoms with Crippen LogP contribution in [0.2, 0.25) is 0 Å². The maximum Gasteiger partial charge on any atom is 0.255 e. The van der Waals surface area contributed by atoms with Crippen molar-refractivity contribution in [2.45, 2.75) is 12.8 Å². The fourth-order valence-corrected chi connectivity index (χ4v) is 3.73. The number of ketones is 1. The van der Waals surface area contributed by atoms with Gasteiger partial charge in [-0.25, -0.2) is 9.67 Å². The highest BCUT2D eigenvalue weighted by molar-refractivity contribution is 6.02. The van der Waals surface area contributed by atoms with E-state index in [0.717, 1.165) is 12.1 Å². The van der Waals surface area contributed by atoms with E-state index < -0.39 is 0 Å². The first-order valence-electron chi connectivity index (χ1n) is 9.81. The van der Waals surface area contributed by atoms with Crippen LogP contribution in [0.15, 0.2) is 54.9 Å². The number of anilines is 1. The van der Waals surface area contributed by atoms with Gasteiger partial charge in [-0.3, -0.25) is 9.59 Å². The number of benzene rings is 1. The molecule has 3 aromatic rings. The van der Waals surface area contributed by atoms with Gasteiger partial charge in [-0.2, -0.15) is 5.10 Å². The molecule has 8 nitrogen and oxygen atoms in total. The van der Waals surface area contributed by atoms with Gasteiger partial charge in [0, 0.05) is 31.3 Å². The third-order valence-corrected chi connectivity index (χ3v) is 5.34. The van der Waals surface area contributed by atoms with Crippen molar-refractivity contribution in [3.05, 3.63) is 66.0 Å². The van der Waals surface area contributed by atoms with Gasteiger partial charge < -0.3 is 15.4 Å². The third-order valence-electron chi connectivity index (χ3n) is 5.34. The summed E-state index contributed by atoms with van der Waals surface area (Å²) in [4.78, 5) is 31.8. The van der Waals surface area contributed by atoms with E-state index in [9.17, 15) is 9.59 Å². The average molecular weight is 405 g/mol. The van der Waals surface area contributed by atoms with Gasteiger partial charge in [-0.05, 0) is 31.0 Å². The largest absolute Gasteiger partial charge is 0.481 e. The number of hydrogen-bond donors (Lipinski definition) is 1. The zero-order valence-corrected chi connectivity index (χ0v) is 16.7. The minimum absolute atomic E-state index is 0.0833. The van der Waals surface area contributed by atoms with Gasteiger partial charge in [0.25, 0.3) is 5.91 Å². The lowest BCUT2D eigenvalue weighted by molar-refractivity contribution is 0.0637. The summed E-state index contributed by atoms with van der Waals surface area (Å²) in [7, 11) is 1.52. The lowest BCUT2D eigenvalue weighted by Gasteiger charge is -2.32. The number of nitrogens with two attached hydrogens (primary N) is 1. The number of nitrogen functional groups attached to an aromatic ring is 1. The molecule has 1 aliphatic heterocycles. The lowest BCUT2D eigenvalue weighted by atomic mass is 9.90. The second-order valence-electron chi connectivity index (χ2n) is 7.23. The summed E-state index contributed by atoms with van der Waals surface area (Å²) in [6.45, 7) is 0.951. The molecule has 1 atom stereocenters. The summed E-state index contributed by atoms with van der Waals surface area (Å²) in [5, 5.41) is 4.29. The number of ether oxygens (including phenoxy) is 1. The molecule has 1 aliphatic rings. The number of amides is 1. The second kappa shape index (κ2) is 8.36. The Kier molecular flexibility index (Phi) is 5.47. The number of nitrogens with zero attached hydrogens (tertiary/aromatic N) is 4. The predicted molar refractivity (Wildman–Crippen MR) is 112 cm³/mol. The van der Waals surface area contributed by atoms with Crippen LogP contribution >= 0.6 is 0 Å². The molecule has 2 N–H and O–H groups in total. The monoisotopic (exact) mass is 405 g/mol. The number of likely N-dealkylation sites (tertiary alicyclic amines) is 1. The molecule has 8 heteroatoms. The number of pyridine rings is 1. The van der Waals surface area contributed by atoms with E-state index in [2.05, 4.69) is 10.1 Å². The average Bonchev–Trinajstić information content (AvgIpc) is 3.20. The summed E-state index contributed by atoms with van der Waals surface area (Å²) in [6, 6.07) is 12.8. The van der Waals surface area contributed by atoms with Gasteiger partial charge in [-0.15, -0.1) is 0 Å². The first kappa shape index (κ1) is 19.6. The highest BCUT2D eigenvalue weighted by atomic mass is 16.5. The standard InChI is InChI=1S/C22H23N5O3/c1-30-19-10-9-15(12-24-19)22(29)26-11-5-6-16(14-26)20(28)18-13-25-27(21(18)23)17-7-3-2-4-8-17/h2-4,7-10,12-13,16H,5-6,11,14,23H2,1H3/t16-/m1/s1. The van der Waals surface area contributed by atoms with Crippen LogP contribution in [-0.4, -0.2) is 51.6 Å². The van der Waals surface area contributed by atoms with Crippen LogP contribution in [0, 0.1) is 5.92 Å². The number of carbonyl (C=O) groups is 2. The molecule has 0 saturated carbocycles. The topological polar surface area (TPSA) is 103 Å². The molecule has 0 radical (unpaired) electrons. The van der Waals surface area contributed by atoms with Crippen LogP contribution in [0.25, 0.3) is 5.69 Å². The van der Waals surface area contributed by atoms with Crippen molar-refractivity contribution in [2.75, 3.05) is 25.9 Å². The minimum Gasteiger partial charge on any atom is -0.481 e. The van der Waals surface area contributed by atoms with E-state index >= 15 is 0 Å². The van der Waals surface area contributed by atoms with Crippen LogP contribution in [-0.2, 0) is 0 Å². The SMILES string of the molecule is COc1ccc(C(=O)N2CCC[C@@H](C(=O)c3cnn(-c4ccccc4)c3N)C2)cn1. The van der Waals surface area contributed by atoms with Gasteiger partial charge in [0.1, 0.15) is 5.82 Å². The number of hydrogen-bond acceptors (Lipinski definition) is 6. The Labute approximate surface area is 174 Å². The number of Topliss-reactive ketones (excluding diaryl/α,β-unsaturated/α-hetero) is 1. The predicted octanol–water partition coefficient (Wildman–Crippen LogP) is 2.59. The smallest absolute Gasteiger partial charge is 0.255 e. The number of para-hydroxylation sites is 1. The molecule has 154 valence electrons. The summed E-state index contributed by atoms with van der Waals surface area (Å²) in [5.41, 5.74) is 7.89. The highest BCUT2D eigenvalue weighted by Crippen LogP contribution is 2.26. The Balaban J connectivity index is 1.50. The number of piperidine rings is 1. The maximum atomic E-state index is 13.2. The van der Waals surface area contributed by atoms with E-state index in [4.69, 9.17) is 10.5 Å². The first-order chi connectivity index (χ1) is 14.6. The van der Waals surface area contributed by atoms with Crippen molar-refractivity contribution in [1.29, 1.82) is 0 Å². The Morgan fingerprint density at radius 1 is 1.13 bits per heavy atom. The second-order valence-corrected chi connectivity index (χ2v) is 7.23. The van der Waals surface area contributed by atoms with Gasteiger partial charge in [-0.1, -0.05) is 18.2 Å². The highest BCUT2D eigenvalue weighted by Gasteiger charge is 2.31. The molecule has 1 amide bonds. The Morgan fingerprint density at radius 3 is 2.63 bits per heavy atom. The maximum absolute atomic E-state index is 13.2. The van der Waals surface area contributed by atoms with E-state index in [0.29, 0.717) is 42.3 Å². The molecule has 1 aromatic carbocycles. The molecular weight excluding hydrogens is 382 g/mol. The van der Waals surface area contributed by atoms with E-state index in [1.165, 1.54) is 19.5 Å². The van der Waals surface area contributed by atoms with Crippen LogP contribution < -0.4 is 10.5 Å². The van der Waals surface area contributed by atoms with Crippen LogP contribution in [0.3, 0.4) is 0 Å². The zero-order valence-electron chi connectivity index (χ0n) is 16.7. The van der Waals surface area contributed by atoms with Gasteiger partial charge in [0.05, 0.1) is 30.1 Å². The fraction of sp³-hybridized carbons (Fsp3) is 0.273. The van der Waals surface area contributed by atoms with Crippen LogP contribution in [0.4, 0.5) is 5.82 Å². The molecule has 0 aliphatic carbocycles. The number of carbonyl (C=O) groups excluding carboxylic acids is 2. The Hall–Kier alpha value is -3.68. The molecule has 1 fully saturated rings. The summed E-state index contributed by atoms with van der Waals surface area (Å²) in [5.74, 6) is 0.221. The molecule has 0 unspecified atom stereocenters. The molecule has 3 heterocycles. The molecule has 1 saturated heterocycles. The normalized spacial score (nSPS) is 16.3. The lowest BCUT2D eigenvalue weighted by Crippen LogP contribution is -2.42. The first-order valence-corrected chi connectivity index (χ1v) is 9.81. The third kappa shape index (κ3) is 3.76. The molecule has 4 rings (SSSR count). The molecule has 0 spiro atoms. The number of aromatic nitrogens is 3. The van der Waals surface area contributed by atoms with Crippen molar-refractivity contribution in [1.82, 2.24) is 19.7 Å². The van der Waals surface area contributed by atoms with Crippen molar-refractivity contribution < 1.29 is 14.3 Å². The molecule has 0 bridgehead atoms. The van der Waals surface area contributed by atoms with Crippen molar-refractivity contribution in [3.63, 3.8) is 0 Å². The van der Waals surface area contributed by atoms with E-state index in [1.54, 1.807) is 21.7 Å². The van der Waals surface area contributed by atoms with Gasteiger partial charge in [0.2, 0.25) is 5.88 Å². The van der Waals surface area contributed by atoms with Crippen molar-refractivity contribution >= 4 is 17.5 Å².